The van der Waals surface area contributed by atoms with Crippen molar-refractivity contribution in [3.8, 4) is 5.75 Å². The molecule has 9 heteroatoms. The largest absolute Gasteiger partial charge is 0.491 e. The van der Waals surface area contributed by atoms with E-state index in [4.69, 9.17) is 9.47 Å². The van der Waals surface area contributed by atoms with E-state index < -0.39 is 0 Å². The van der Waals surface area contributed by atoms with Crippen LogP contribution in [0.25, 0.3) is 10.9 Å². The number of rotatable bonds is 9. The molecule has 1 aromatic heterocycles. The van der Waals surface area contributed by atoms with Crippen LogP contribution in [0.5, 0.6) is 5.75 Å². The number of nitrogens with one attached hydrogen (secondary N) is 2. The first-order valence-electron chi connectivity index (χ1n) is 10.8. The van der Waals surface area contributed by atoms with Gasteiger partial charge < -0.3 is 20.1 Å². The van der Waals surface area contributed by atoms with Crippen LogP contribution in [0.1, 0.15) is 6.42 Å². The Morgan fingerprint density at radius 2 is 2.09 bits per heavy atom. The second-order valence-electron chi connectivity index (χ2n) is 7.57. The van der Waals surface area contributed by atoms with Crippen molar-refractivity contribution in [2.45, 2.75) is 6.42 Å². The molecule has 0 bridgehead atoms. The van der Waals surface area contributed by atoms with Gasteiger partial charge in [-0.25, -0.2) is 9.97 Å². The smallest absolute Gasteiger partial charge is 0.247 e. The number of amides is 1. The Morgan fingerprint density at radius 1 is 1.24 bits per heavy atom. The van der Waals surface area contributed by atoms with Gasteiger partial charge in [0.05, 0.1) is 31.0 Å². The predicted molar refractivity (Wildman–Crippen MR) is 138 cm³/mol. The topological polar surface area (TPSA) is 88.6 Å². The Labute approximate surface area is 206 Å². The first-order valence-corrected chi connectivity index (χ1v) is 11.9. The molecule has 1 fully saturated rings. The fraction of sp³-hybridized carbons (Fsp3) is 0.292. The number of ether oxygens (including phenoxy) is 2. The maximum atomic E-state index is 12.1. The van der Waals surface area contributed by atoms with Gasteiger partial charge in [0.2, 0.25) is 5.91 Å². The van der Waals surface area contributed by atoms with Crippen LogP contribution >= 0.6 is 22.6 Å². The Bertz CT molecular complexity index is 1130. The number of aromatic nitrogens is 2. The molecule has 1 aliphatic heterocycles. The van der Waals surface area contributed by atoms with Crippen molar-refractivity contribution in [1.29, 1.82) is 0 Å². The zero-order valence-electron chi connectivity index (χ0n) is 18.2. The number of morpholine rings is 1. The molecular weight excluding hydrogens is 533 g/mol. The van der Waals surface area contributed by atoms with Gasteiger partial charge in [0.15, 0.2) is 0 Å². The quantitative estimate of drug-likeness (QED) is 0.231. The third-order valence-electron chi connectivity index (χ3n) is 5.25. The fourth-order valence-electron chi connectivity index (χ4n) is 3.58. The minimum atomic E-state index is -0.309. The van der Waals surface area contributed by atoms with Gasteiger partial charge in [0.1, 0.15) is 17.9 Å². The second-order valence-corrected chi connectivity index (χ2v) is 8.82. The summed E-state index contributed by atoms with van der Waals surface area (Å²) in [6, 6.07) is 11.7. The van der Waals surface area contributed by atoms with Gasteiger partial charge in [0, 0.05) is 40.3 Å². The maximum Gasteiger partial charge on any atom is 0.247 e. The lowest BCUT2D eigenvalue weighted by Crippen LogP contribution is -2.37. The van der Waals surface area contributed by atoms with Crippen molar-refractivity contribution in [3.63, 3.8) is 0 Å². The zero-order chi connectivity index (χ0) is 23.0. The lowest BCUT2D eigenvalue weighted by Gasteiger charge is -2.26. The normalized spacial score (nSPS) is 14.1. The van der Waals surface area contributed by atoms with Crippen LogP contribution in [-0.2, 0) is 9.53 Å². The van der Waals surface area contributed by atoms with Crippen LogP contribution in [0.2, 0.25) is 0 Å². The lowest BCUT2D eigenvalue weighted by molar-refractivity contribution is -0.111. The van der Waals surface area contributed by atoms with Crippen molar-refractivity contribution >= 4 is 56.6 Å². The number of hydrogen-bond acceptors (Lipinski definition) is 7. The van der Waals surface area contributed by atoms with Crippen molar-refractivity contribution < 1.29 is 14.3 Å². The second kappa shape index (κ2) is 11.4. The number of nitrogens with zero attached hydrogens (tertiary/aromatic N) is 3. The van der Waals surface area contributed by atoms with E-state index >= 15 is 0 Å². The summed E-state index contributed by atoms with van der Waals surface area (Å²) in [7, 11) is 0. The van der Waals surface area contributed by atoms with Crippen molar-refractivity contribution in [1.82, 2.24) is 14.9 Å². The summed E-state index contributed by atoms with van der Waals surface area (Å²) in [5.41, 5.74) is 2.19. The standard InChI is InChI=1S/C24H26IN5O3/c1-2-23(31)29-21-14-19-20(15-22(21)33-10-4-7-30-8-11-32-12-9-30)26-16-27-24(19)28-18-6-3-5-17(25)13-18/h2-3,5-6,13-16H,1,4,7-12H2,(H,29,31)(H,26,27,28). The molecule has 8 nitrogen and oxygen atoms in total. The van der Waals surface area contributed by atoms with E-state index in [1.165, 1.54) is 12.4 Å². The van der Waals surface area contributed by atoms with Crippen LogP contribution in [0.4, 0.5) is 17.2 Å². The third kappa shape index (κ3) is 6.40. The van der Waals surface area contributed by atoms with Crippen LogP contribution in [0.15, 0.2) is 55.4 Å². The molecule has 0 atom stereocenters. The molecule has 2 aromatic carbocycles. The summed E-state index contributed by atoms with van der Waals surface area (Å²) in [6.07, 6.45) is 3.62. The molecule has 4 rings (SSSR count). The molecule has 0 aliphatic carbocycles. The van der Waals surface area contributed by atoms with Gasteiger partial charge in [-0.2, -0.15) is 0 Å². The minimum absolute atomic E-state index is 0.309. The SMILES string of the molecule is C=CC(=O)Nc1cc2c(Nc3cccc(I)c3)ncnc2cc1OCCCN1CCOCC1. The van der Waals surface area contributed by atoms with Crippen molar-refractivity contribution in [3.05, 3.63) is 59.0 Å². The molecule has 0 radical (unpaired) electrons. The molecule has 33 heavy (non-hydrogen) atoms. The Hall–Kier alpha value is -2.76. The van der Waals surface area contributed by atoms with E-state index in [1.54, 1.807) is 0 Å². The third-order valence-corrected chi connectivity index (χ3v) is 5.92. The average molecular weight is 559 g/mol. The first-order chi connectivity index (χ1) is 16.1. The lowest BCUT2D eigenvalue weighted by atomic mass is 10.1. The van der Waals surface area contributed by atoms with Gasteiger partial charge in [-0.3, -0.25) is 9.69 Å². The number of carbonyl (C=O) groups is 1. The van der Waals surface area contributed by atoms with Gasteiger partial charge in [-0.15, -0.1) is 0 Å². The average Bonchev–Trinajstić information content (AvgIpc) is 2.83. The van der Waals surface area contributed by atoms with Crippen molar-refractivity contribution in [2.75, 3.05) is 50.1 Å². The van der Waals surface area contributed by atoms with Crippen LogP contribution in [-0.4, -0.2) is 60.2 Å². The van der Waals surface area contributed by atoms with E-state index in [1.807, 2.05) is 36.4 Å². The summed E-state index contributed by atoms with van der Waals surface area (Å²) in [5.74, 6) is 0.907. The monoisotopic (exact) mass is 559 g/mol. The molecule has 1 aliphatic rings. The van der Waals surface area contributed by atoms with Gasteiger partial charge in [0.25, 0.3) is 0 Å². The predicted octanol–water partition coefficient (Wildman–Crippen LogP) is 4.20. The van der Waals surface area contributed by atoms with E-state index in [9.17, 15) is 4.79 Å². The van der Waals surface area contributed by atoms with Crippen LogP contribution in [0.3, 0.4) is 0 Å². The highest BCUT2D eigenvalue weighted by molar-refractivity contribution is 14.1. The molecule has 0 saturated carbocycles. The fourth-order valence-corrected chi connectivity index (χ4v) is 4.13. The summed E-state index contributed by atoms with van der Waals surface area (Å²) in [5, 5.41) is 6.97. The summed E-state index contributed by atoms with van der Waals surface area (Å²) in [6.45, 7) is 8.47. The molecule has 2 N–H and O–H groups in total. The molecule has 0 spiro atoms. The Morgan fingerprint density at radius 3 is 2.88 bits per heavy atom. The first kappa shape index (κ1) is 23.4. The molecule has 172 valence electrons. The number of halogens is 1. The van der Waals surface area contributed by atoms with Crippen molar-refractivity contribution in [2.24, 2.45) is 0 Å². The van der Waals surface area contributed by atoms with E-state index in [0.717, 1.165) is 59.4 Å². The molecule has 2 heterocycles. The molecule has 3 aromatic rings. The summed E-state index contributed by atoms with van der Waals surface area (Å²) < 4.78 is 12.6. The van der Waals surface area contributed by atoms with Gasteiger partial charge >= 0.3 is 0 Å². The molecular formula is C24H26IN5O3. The molecule has 0 unspecified atom stereocenters. The number of carbonyl (C=O) groups excluding carboxylic acids is 1. The highest BCUT2D eigenvalue weighted by Gasteiger charge is 2.14. The number of anilines is 3. The summed E-state index contributed by atoms with van der Waals surface area (Å²) >= 11 is 2.27. The number of fused-ring (bicyclic) bond motifs is 1. The highest BCUT2D eigenvalue weighted by Crippen LogP contribution is 2.33. The maximum absolute atomic E-state index is 12.1. The van der Waals surface area contributed by atoms with Gasteiger partial charge in [-0.1, -0.05) is 12.6 Å². The Balaban J connectivity index is 1.55. The van der Waals surface area contributed by atoms with Crippen LogP contribution in [0, 0.1) is 3.57 Å². The van der Waals surface area contributed by atoms with E-state index in [0.29, 0.717) is 23.9 Å². The van der Waals surface area contributed by atoms with Gasteiger partial charge in [-0.05, 0) is 59.4 Å². The number of hydrogen-bond donors (Lipinski definition) is 2. The summed E-state index contributed by atoms with van der Waals surface area (Å²) in [4.78, 5) is 23.3. The zero-order valence-corrected chi connectivity index (χ0v) is 20.4. The molecule has 1 amide bonds. The van der Waals surface area contributed by atoms with Crippen LogP contribution < -0.4 is 15.4 Å². The van der Waals surface area contributed by atoms with E-state index in [-0.39, 0.29) is 5.91 Å². The Kier molecular flexibility index (Phi) is 8.08. The minimum Gasteiger partial charge on any atom is -0.491 e. The molecule has 1 saturated heterocycles. The number of benzene rings is 2. The van der Waals surface area contributed by atoms with E-state index in [2.05, 4.69) is 54.7 Å². The highest BCUT2D eigenvalue weighted by atomic mass is 127.